The van der Waals surface area contributed by atoms with Crippen LogP contribution in [0, 0.1) is 5.92 Å². The van der Waals surface area contributed by atoms with Crippen LogP contribution in [0.4, 0.5) is 0 Å². The zero-order valence-corrected chi connectivity index (χ0v) is 12.6. The van der Waals surface area contributed by atoms with E-state index in [9.17, 15) is 14.7 Å². The normalized spacial score (nSPS) is 18.6. The standard InChI is InChI=1S/C17H20N2O3/c1-11-5-4-8-19(10-11)15(20)9-13-12-6-2-3-7-14(12)18-16(13)17(21)22/h2-3,6-7,11,18H,4-5,8-10H2,1H3,(H,21,22). The number of para-hydroxylation sites is 1. The fourth-order valence-corrected chi connectivity index (χ4v) is 3.25. The first kappa shape index (κ1) is 14.6. The van der Waals surface area contributed by atoms with Crippen molar-refractivity contribution in [1.29, 1.82) is 0 Å². The molecule has 1 aliphatic heterocycles. The Balaban J connectivity index is 1.90. The second kappa shape index (κ2) is 5.83. The monoisotopic (exact) mass is 300 g/mol. The van der Waals surface area contributed by atoms with E-state index in [-0.39, 0.29) is 18.0 Å². The first-order valence-electron chi connectivity index (χ1n) is 7.67. The molecule has 0 spiro atoms. The highest BCUT2D eigenvalue weighted by Gasteiger charge is 2.24. The lowest BCUT2D eigenvalue weighted by atomic mass is 9.99. The minimum Gasteiger partial charge on any atom is -0.477 e. The summed E-state index contributed by atoms with van der Waals surface area (Å²) >= 11 is 0. The van der Waals surface area contributed by atoms with Gasteiger partial charge in [-0.05, 0) is 24.8 Å². The highest BCUT2D eigenvalue weighted by atomic mass is 16.4. The van der Waals surface area contributed by atoms with Crippen molar-refractivity contribution in [2.75, 3.05) is 13.1 Å². The number of aromatic nitrogens is 1. The van der Waals surface area contributed by atoms with Gasteiger partial charge in [0, 0.05) is 29.6 Å². The summed E-state index contributed by atoms with van der Waals surface area (Å²) in [5.74, 6) is -0.496. The molecule has 22 heavy (non-hydrogen) atoms. The van der Waals surface area contributed by atoms with Crippen LogP contribution in [-0.2, 0) is 11.2 Å². The second-order valence-electron chi connectivity index (χ2n) is 6.09. The number of likely N-dealkylation sites (tertiary alicyclic amines) is 1. The number of fused-ring (bicyclic) bond motifs is 1. The number of hydrogen-bond acceptors (Lipinski definition) is 2. The average Bonchev–Trinajstić information content (AvgIpc) is 2.86. The van der Waals surface area contributed by atoms with E-state index in [0.29, 0.717) is 11.5 Å². The third kappa shape index (κ3) is 2.71. The zero-order valence-electron chi connectivity index (χ0n) is 12.6. The number of rotatable bonds is 3. The summed E-state index contributed by atoms with van der Waals surface area (Å²) in [7, 11) is 0. The van der Waals surface area contributed by atoms with E-state index >= 15 is 0 Å². The molecule has 0 bridgehead atoms. The van der Waals surface area contributed by atoms with E-state index in [1.807, 2.05) is 29.2 Å². The van der Waals surface area contributed by atoms with Crippen LogP contribution in [0.15, 0.2) is 24.3 Å². The first-order chi connectivity index (χ1) is 10.6. The van der Waals surface area contributed by atoms with Gasteiger partial charge >= 0.3 is 5.97 Å². The molecule has 1 aliphatic rings. The van der Waals surface area contributed by atoms with Crippen molar-refractivity contribution in [2.45, 2.75) is 26.2 Å². The number of nitrogens with zero attached hydrogens (tertiary/aromatic N) is 1. The summed E-state index contributed by atoms with van der Waals surface area (Å²) in [4.78, 5) is 28.8. The number of carboxylic acids is 1. The summed E-state index contributed by atoms with van der Waals surface area (Å²) in [5, 5.41) is 10.2. The van der Waals surface area contributed by atoms with Crippen LogP contribution in [0.1, 0.15) is 35.8 Å². The van der Waals surface area contributed by atoms with E-state index < -0.39 is 5.97 Å². The number of hydrogen-bond donors (Lipinski definition) is 2. The molecule has 5 nitrogen and oxygen atoms in total. The van der Waals surface area contributed by atoms with Crippen LogP contribution < -0.4 is 0 Å². The molecule has 3 rings (SSSR count). The SMILES string of the molecule is CC1CCCN(C(=O)Cc2c(C(=O)O)[nH]c3ccccc23)C1. The van der Waals surface area contributed by atoms with E-state index in [4.69, 9.17) is 0 Å². The fourth-order valence-electron chi connectivity index (χ4n) is 3.25. The Kier molecular flexibility index (Phi) is 3.88. The molecule has 1 atom stereocenters. The van der Waals surface area contributed by atoms with Gasteiger partial charge in [-0.2, -0.15) is 0 Å². The molecule has 2 N–H and O–H groups in total. The Bertz CT molecular complexity index is 720. The van der Waals surface area contributed by atoms with Gasteiger partial charge < -0.3 is 15.0 Å². The molecule has 5 heteroatoms. The molecular formula is C17H20N2O3. The minimum absolute atomic E-state index is 0.0128. The zero-order chi connectivity index (χ0) is 15.7. The number of benzene rings is 1. The number of aromatic amines is 1. The third-order valence-electron chi connectivity index (χ3n) is 4.37. The van der Waals surface area contributed by atoms with Crippen molar-refractivity contribution < 1.29 is 14.7 Å². The van der Waals surface area contributed by atoms with E-state index in [1.165, 1.54) is 0 Å². The van der Waals surface area contributed by atoms with Gasteiger partial charge in [0.05, 0.1) is 6.42 Å². The minimum atomic E-state index is -1.02. The number of carbonyl (C=O) groups excluding carboxylic acids is 1. The molecule has 0 radical (unpaired) electrons. The van der Waals surface area contributed by atoms with Crippen molar-refractivity contribution in [3.63, 3.8) is 0 Å². The van der Waals surface area contributed by atoms with E-state index in [1.54, 1.807) is 0 Å². The van der Waals surface area contributed by atoms with Crippen LogP contribution >= 0.6 is 0 Å². The number of nitrogens with one attached hydrogen (secondary N) is 1. The molecule has 1 amide bonds. The van der Waals surface area contributed by atoms with Gasteiger partial charge in [-0.1, -0.05) is 25.1 Å². The summed E-state index contributed by atoms with van der Waals surface area (Å²) in [6.45, 7) is 3.69. The number of aromatic carboxylic acids is 1. The molecule has 116 valence electrons. The summed E-state index contributed by atoms with van der Waals surface area (Å²) in [6.07, 6.45) is 2.31. The molecule has 0 saturated carbocycles. The second-order valence-corrected chi connectivity index (χ2v) is 6.09. The van der Waals surface area contributed by atoms with Crippen LogP contribution in [-0.4, -0.2) is 40.0 Å². The lowest BCUT2D eigenvalue weighted by molar-refractivity contribution is -0.132. The van der Waals surface area contributed by atoms with Crippen LogP contribution in [0.5, 0.6) is 0 Å². The highest BCUT2D eigenvalue weighted by molar-refractivity contribution is 6.00. The Morgan fingerprint density at radius 3 is 2.86 bits per heavy atom. The number of piperidine rings is 1. The van der Waals surface area contributed by atoms with E-state index in [0.717, 1.165) is 36.8 Å². The number of amides is 1. The van der Waals surface area contributed by atoms with Gasteiger partial charge in [-0.3, -0.25) is 4.79 Å². The molecule has 1 aromatic heterocycles. The Morgan fingerprint density at radius 2 is 2.14 bits per heavy atom. The molecule has 2 aromatic rings. The van der Waals surface area contributed by atoms with Gasteiger partial charge in [0.15, 0.2) is 0 Å². The van der Waals surface area contributed by atoms with Gasteiger partial charge in [0.2, 0.25) is 5.91 Å². The van der Waals surface area contributed by atoms with Crippen molar-refractivity contribution in [3.05, 3.63) is 35.5 Å². The predicted octanol–water partition coefficient (Wildman–Crippen LogP) is 2.67. The summed E-state index contributed by atoms with van der Waals surface area (Å²) < 4.78 is 0. The summed E-state index contributed by atoms with van der Waals surface area (Å²) in [5.41, 5.74) is 1.47. The summed E-state index contributed by atoms with van der Waals surface area (Å²) in [6, 6.07) is 7.40. The number of carbonyl (C=O) groups is 2. The van der Waals surface area contributed by atoms with Crippen LogP contribution in [0.25, 0.3) is 10.9 Å². The van der Waals surface area contributed by atoms with Gasteiger partial charge in [0.25, 0.3) is 0 Å². The quantitative estimate of drug-likeness (QED) is 0.915. The van der Waals surface area contributed by atoms with Crippen molar-refractivity contribution in [3.8, 4) is 0 Å². The van der Waals surface area contributed by atoms with Crippen molar-refractivity contribution >= 4 is 22.8 Å². The Morgan fingerprint density at radius 1 is 1.36 bits per heavy atom. The largest absolute Gasteiger partial charge is 0.477 e. The predicted molar refractivity (Wildman–Crippen MR) is 83.9 cm³/mol. The molecular weight excluding hydrogens is 280 g/mol. The average molecular weight is 300 g/mol. The maximum absolute atomic E-state index is 12.5. The van der Waals surface area contributed by atoms with E-state index in [2.05, 4.69) is 11.9 Å². The molecule has 1 fully saturated rings. The molecule has 0 aliphatic carbocycles. The highest BCUT2D eigenvalue weighted by Crippen LogP contribution is 2.24. The molecule has 1 saturated heterocycles. The number of H-pyrrole nitrogens is 1. The lowest BCUT2D eigenvalue weighted by Crippen LogP contribution is -2.40. The van der Waals surface area contributed by atoms with Crippen molar-refractivity contribution in [2.24, 2.45) is 5.92 Å². The maximum atomic E-state index is 12.5. The van der Waals surface area contributed by atoms with Gasteiger partial charge in [-0.15, -0.1) is 0 Å². The Hall–Kier alpha value is -2.30. The number of carboxylic acid groups (broad SMARTS) is 1. The fraction of sp³-hybridized carbons (Fsp3) is 0.412. The Labute approximate surface area is 128 Å². The smallest absolute Gasteiger partial charge is 0.352 e. The molecule has 1 unspecified atom stereocenters. The topological polar surface area (TPSA) is 73.4 Å². The third-order valence-corrected chi connectivity index (χ3v) is 4.37. The van der Waals surface area contributed by atoms with Gasteiger partial charge in [0.1, 0.15) is 5.69 Å². The lowest BCUT2D eigenvalue weighted by Gasteiger charge is -2.31. The van der Waals surface area contributed by atoms with Crippen LogP contribution in [0.3, 0.4) is 0 Å². The first-order valence-corrected chi connectivity index (χ1v) is 7.67. The molecule has 1 aromatic carbocycles. The van der Waals surface area contributed by atoms with Crippen LogP contribution in [0.2, 0.25) is 0 Å². The maximum Gasteiger partial charge on any atom is 0.352 e. The van der Waals surface area contributed by atoms with Crippen molar-refractivity contribution in [1.82, 2.24) is 9.88 Å². The van der Waals surface area contributed by atoms with Gasteiger partial charge in [-0.25, -0.2) is 4.79 Å². The molecule has 2 heterocycles.